The molecule has 3 nitrogen and oxygen atoms in total. The first-order chi connectivity index (χ1) is 5.33. The van der Waals surface area contributed by atoms with Crippen LogP contribution in [0.25, 0.3) is 0 Å². The zero-order valence-corrected chi connectivity index (χ0v) is 6.10. The van der Waals surface area contributed by atoms with E-state index >= 15 is 0 Å². The molecule has 1 unspecified atom stereocenters. The van der Waals surface area contributed by atoms with E-state index in [2.05, 4.69) is 4.98 Å². The van der Waals surface area contributed by atoms with E-state index in [1.807, 2.05) is 12.1 Å². The lowest BCUT2D eigenvalue weighted by molar-refractivity contribution is -0.108. The number of hydrogen-bond donors (Lipinski definition) is 1. The van der Waals surface area contributed by atoms with E-state index in [4.69, 9.17) is 5.73 Å². The zero-order valence-electron chi connectivity index (χ0n) is 6.10. The second kappa shape index (κ2) is 3.83. The van der Waals surface area contributed by atoms with Crippen molar-refractivity contribution in [1.82, 2.24) is 4.98 Å². The van der Waals surface area contributed by atoms with Gasteiger partial charge < -0.3 is 10.5 Å². The lowest BCUT2D eigenvalue weighted by atomic mass is 10.1. The Morgan fingerprint density at radius 2 is 2.18 bits per heavy atom. The van der Waals surface area contributed by atoms with Gasteiger partial charge in [-0.1, -0.05) is 0 Å². The SMILES string of the molecule is NC(C=O)Cc1ccncc1. The van der Waals surface area contributed by atoms with Crippen LogP contribution in [-0.2, 0) is 11.2 Å². The molecular formula is C8H10N2O. The van der Waals surface area contributed by atoms with E-state index in [0.29, 0.717) is 6.42 Å². The van der Waals surface area contributed by atoms with Gasteiger partial charge in [-0.15, -0.1) is 0 Å². The van der Waals surface area contributed by atoms with Crippen LogP contribution in [0.1, 0.15) is 5.56 Å². The molecule has 1 heterocycles. The third kappa shape index (κ3) is 2.47. The van der Waals surface area contributed by atoms with Gasteiger partial charge in [0.2, 0.25) is 0 Å². The topological polar surface area (TPSA) is 56.0 Å². The number of nitrogens with zero attached hydrogens (tertiary/aromatic N) is 1. The number of carbonyl (C=O) groups is 1. The van der Waals surface area contributed by atoms with Crippen molar-refractivity contribution in [3.8, 4) is 0 Å². The maximum atomic E-state index is 10.2. The lowest BCUT2D eigenvalue weighted by Crippen LogP contribution is -2.23. The average Bonchev–Trinajstić information content (AvgIpc) is 2.06. The van der Waals surface area contributed by atoms with E-state index in [1.165, 1.54) is 0 Å². The van der Waals surface area contributed by atoms with Gasteiger partial charge in [-0.05, 0) is 24.1 Å². The highest BCUT2D eigenvalue weighted by molar-refractivity contribution is 5.57. The molecule has 0 aliphatic heterocycles. The second-order valence-corrected chi connectivity index (χ2v) is 2.36. The molecule has 0 spiro atoms. The summed E-state index contributed by atoms with van der Waals surface area (Å²) in [6, 6.07) is 3.31. The van der Waals surface area contributed by atoms with Crippen molar-refractivity contribution >= 4 is 6.29 Å². The van der Waals surface area contributed by atoms with Crippen molar-refractivity contribution in [2.45, 2.75) is 12.5 Å². The Balaban J connectivity index is 2.57. The molecule has 58 valence electrons. The highest BCUT2D eigenvalue weighted by Crippen LogP contribution is 1.98. The first kappa shape index (κ1) is 7.88. The van der Waals surface area contributed by atoms with E-state index in [0.717, 1.165) is 11.8 Å². The summed E-state index contributed by atoms with van der Waals surface area (Å²) >= 11 is 0. The highest BCUT2D eigenvalue weighted by atomic mass is 16.1. The molecule has 3 heteroatoms. The first-order valence-corrected chi connectivity index (χ1v) is 3.42. The van der Waals surface area contributed by atoms with E-state index < -0.39 is 6.04 Å². The predicted molar refractivity (Wildman–Crippen MR) is 42.0 cm³/mol. The first-order valence-electron chi connectivity index (χ1n) is 3.42. The van der Waals surface area contributed by atoms with Crippen LogP contribution in [0.5, 0.6) is 0 Å². The molecule has 1 rings (SSSR count). The number of pyridine rings is 1. The van der Waals surface area contributed by atoms with Gasteiger partial charge in [0.1, 0.15) is 6.29 Å². The Morgan fingerprint density at radius 1 is 1.55 bits per heavy atom. The Labute approximate surface area is 65.2 Å². The maximum absolute atomic E-state index is 10.2. The molecule has 0 aromatic carbocycles. The van der Waals surface area contributed by atoms with Gasteiger partial charge in [-0.3, -0.25) is 4.98 Å². The van der Waals surface area contributed by atoms with Crippen molar-refractivity contribution in [2.24, 2.45) is 5.73 Å². The summed E-state index contributed by atoms with van der Waals surface area (Å²) in [6.07, 6.45) is 4.71. The monoisotopic (exact) mass is 150 g/mol. The highest BCUT2D eigenvalue weighted by Gasteiger charge is 1.99. The van der Waals surface area contributed by atoms with Gasteiger partial charge in [-0.2, -0.15) is 0 Å². The fourth-order valence-electron chi connectivity index (χ4n) is 0.839. The van der Waals surface area contributed by atoms with Crippen molar-refractivity contribution < 1.29 is 4.79 Å². The summed E-state index contributed by atoms with van der Waals surface area (Å²) in [4.78, 5) is 14.0. The molecule has 11 heavy (non-hydrogen) atoms. The van der Waals surface area contributed by atoms with Gasteiger partial charge in [-0.25, -0.2) is 0 Å². The Hall–Kier alpha value is -1.22. The molecule has 0 bridgehead atoms. The minimum atomic E-state index is -0.391. The van der Waals surface area contributed by atoms with Gasteiger partial charge in [0.25, 0.3) is 0 Å². The second-order valence-electron chi connectivity index (χ2n) is 2.36. The molecule has 2 N–H and O–H groups in total. The summed E-state index contributed by atoms with van der Waals surface area (Å²) in [5.74, 6) is 0. The molecule has 0 aliphatic carbocycles. The Bertz CT molecular complexity index is 223. The van der Waals surface area contributed by atoms with Crippen molar-refractivity contribution in [3.63, 3.8) is 0 Å². The largest absolute Gasteiger partial charge is 0.321 e. The van der Waals surface area contributed by atoms with Crippen LogP contribution < -0.4 is 5.73 Å². The van der Waals surface area contributed by atoms with E-state index in [9.17, 15) is 4.79 Å². The molecule has 0 fully saturated rings. The fourth-order valence-corrected chi connectivity index (χ4v) is 0.839. The summed E-state index contributed by atoms with van der Waals surface area (Å²) in [6.45, 7) is 0. The molecule has 0 saturated carbocycles. The Kier molecular flexibility index (Phi) is 2.74. The lowest BCUT2D eigenvalue weighted by Gasteiger charge is -2.01. The van der Waals surface area contributed by atoms with Crippen LogP contribution in [0.4, 0.5) is 0 Å². The third-order valence-electron chi connectivity index (χ3n) is 1.40. The quantitative estimate of drug-likeness (QED) is 0.624. The number of aldehydes is 1. The maximum Gasteiger partial charge on any atom is 0.137 e. The molecular weight excluding hydrogens is 140 g/mol. The van der Waals surface area contributed by atoms with Gasteiger partial charge in [0, 0.05) is 12.4 Å². The van der Waals surface area contributed by atoms with Gasteiger partial charge >= 0.3 is 0 Å². The summed E-state index contributed by atoms with van der Waals surface area (Å²) in [5, 5.41) is 0. The van der Waals surface area contributed by atoms with Crippen molar-refractivity contribution in [2.75, 3.05) is 0 Å². The Morgan fingerprint density at radius 3 is 2.73 bits per heavy atom. The number of nitrogens with two attached hydrogens (primary N) is 1. The third-order valence-corrected chi connectivity index (χ3v) is 1.40. The van der Waals surface area contributed by atoms with E-state index in [1.54, 1.807) is 12.4 Å². The molecule has 1 atom stereocenters. The number of hydrogen-bond acceptors (Lipinski definition) is 3. The van der Waals surface area contributed by atoms with Crippen LogP contribution in [-0.4, -0.2) is 17.3 Å². The number of aromatic nitrogens is 1. The summed E-state index contributed by atoms with van der Waals surface area (Å²) in [7, 11) is 0. The van der Waals surface area contributed by atoms with E-state index in [-0.39, 0.29) is 0 Å². The van der Waals surface area contributed by atoms with Gasteiger partial charge in [0.05, 0.1) is 6.04 Å². The smallest absolute Gasteiger partial charge is 0.137 e. The molecule has 0 amide bonds. The fraction of sp³-hybridized carbons (Fsp3) is 0.250. The summed E-state index contributed by atoms with van der Waals surface area (Å²) in [5.41, 5.74) is 6.46. The van der Waals surface area contributed by atoms with Crippen LogP contribution >= 0.6 is 0 Å². The number of rotatable bonds is 3. The van der Waals surface area contributed by atoms with Crippen molar-refractivity contribution in [3.05, 3.63) is 30.1 Å². The average molecular weight is 150 g/mol. The van der Waals surface area contributed by atoms with Crippen LogP contribution in [0.3, 0.4) is 0 Å². The van der Waals surface area contributed by atoms with Crippen molar-refractivity contribution in [1.29, 1.82) is 0 Å². The van der Waals surface area contributed by atoms with Gasteiger partial charge in [0.15, 0.2) is 0 Å². The minimum Gasteiger partial charge on any atom is -0.321 e. The molecule has 0 saturated heterocycles. The molecule has 1 aromatic heterocycles. The molecule has 0 aliphatic rings. The number of carbonyl (C=O) groups excluding carboxylic acids is 1. The zero-order chi connectivity index (χ0) is 8.10. The van der Waals surface area contributed by atoms with Crippen LogP contribution in [0.2, 0.25) is 0 Å². The molecule has 1 aromatic rings. The van der Waals surface area contributed by atoms with Crippen LogP contribution in [0.15, 0.2) is 24.5 Å². The van der Waals surface area contributed by atoms with Crippen LogP contribution in [0, 0.1) is 0 Å². The normalized spacial score (nSPS) is 12.5. The summed E-state index contributed by atoms with van der Waals surface area (Å²) < 4.78 is 0. The molecule has 0 radical (unpaired) electrons. The standard InChI is InChI=1S/C8H10N2O/c9-8(6-11)5-7-1-3-10-4-2-7/h1-4,6,8H,5,9H2. The minimum absolute atomic E-state index is 0.391. The predicted octanol–water partition coefficient (Wildman–Crippen LogP) is 0.150.